The molecule has 0 atom stereocenters. The highest BCUT2D eigenvalue weighted by Gasteiger charge is 2.15. The molecule has 1 aromatic rings. The van der Waals surface area contributed by atoms with E-state index in [0.717, 1.165) is 0 Å². The molecule has 98 valence electrons. The summed E-state index contributed by atoms with van der Waals surface area (Å²) in [5, 5.41) is 14.6. The zero-order valence-electron chi connectivity index (χ0n) is 10.8. The molecule has 0 spiro atoms. The van der Waals surface area contributed by atoms with E-state index in [1.54, 1.807) is 12.1 Å². The summed E-state index contributed by atoms with van der Waals surface area (Å²) < 4.78 is 0. The van der Waals surface area contributed by atoms with Crippen LogP contribution in [0.5, 0.6) is 5.75 Å². The first-order valence-corrected chi connectivity index (χ1v) is 5.67. The van der Waals surface area contributed by atoms with E-state index in [4.69, 9.17) is 0 Å². The van der Waals surface area contributed by atoms with Crippen molar-refractivity contribution in [2.45, 2.75) is 26.3 Å². The van der Waals surface area contributed by atoms with Gasteiger partial charge in [-0.15, -0.1) is 0 Å². The maximum absolute atomic E-state index is 11.7. The maximum Gasteiger partial charge on any atom is 0.255 e. The minimum absolute atomic E-state index is 0.105. The van der Waals surface area contributed by atoms with Crippen LogP contribution in [0.2, 0.25) is 0 Å². The van der Waals surface area contributed by atoms with E-state index >= 15 is 0 Å². The van der Waals surface area contributed by atoms with Gasteiger partial charge in [-0.05, 0) is 32.9 Å². The minimum Gasteiger partial charge on any atom is -0.507 e. The normalized spacial score (nSPS) is 10.8. The molecule has 0 heterocycles. The number of hydrogen-bond acceptors (Lipinski definition) is 3. The van der Waals surface area contributed by atoms with Crippen molar-refractivity contribution in [1.29, 1.82) is 0 Å². The third-order valence-corrected chi connectivity index (χ3v) is 2.07. The SMILES string of the molecule is CC(C)(C)NC(=O)CNC(=O)c1ccccc1O. The van der Waals surface area contributed by atoms with E-state index in [9.17, 15) is 14.7 Å². The predicted octanol–water partition coefficient (Wildman–Crippen LogP) is 1.04. The Kier molecular flexibility index (Phi) is 4.31. The Balaban J connectivity index is 2.52. The second-order valence-corrected chi connectivity index (χ2v) is 5.00. The average Bonchev–Trinajstić information content (AvgIpc) is 2.24. The number of benzene rings is 1. The predicted molar refractivity (Wildman–Crippen MR) is 68.3 cm³/mol. The molecule has 0 aliphatic rings. The smallest absolute Gasteiger partial charge is 0.255 e. The zero-order chi connectivity index (χ0) is 13.8. The highest BCUT2D eigenvalue weighted by molar-refractivity contribution is 5.98. The number of phenols is 1. The van der Waals surface area contributed by atoms with Crippen molar-refractivity contribution in [3.63, 3.8) is 0 Å². The van der Waals surface area contributed by atoms with Crippen molar-refractivity contribution < 1.29 is 14.7 Å². The van der Waals surface area contributed by atoms with E-state index in [1.165, 1.54) is 12.1 Å². The molecule has 2 amide bonds. The van der Waals surface area contributed by atoms with Gasteiger partial charge in [0.2, 0.25) is 5.91 Å². The molecule has 0 radical (unpaired) electrons. The van der Waals surface area contributed by atoms with E-state index in [-0.39, 0.29) is 29.3 Å². The van der Waals surface area contributed by atoms with Gasteiger partial charge in [0, 0.05) is 5.54 Å². The van der Waals surface area contributed by atoms with Crippen molar-refractivity contribution in [2.24, 2.45) is 0 Å². The molecule has 0 unspecified atom stereocenters. The zero-order valence-corrected chi connectivity index (χ0v) is 10.8. The van der Waals surface area contributed by atoms with E-state index in [0.29, 0.717) is 0 Å². The molecular formula is C13H18N2O3. The average molecular weight is 250 g/mol. The van der Waals surface area contributed by atoms with Crippen LogP contribution in [0.25, 0.3) is 0 Å². The van der Waals surface area contributed by atoms with Crippen LogP contribution in [0, 0.1) is 0 Å². The van der Waals surface area contributed by atoms with Crippen LogP contribution in [0.3, 0.4) is 0 Å². The molecule has 0 fully saturated rings. The number of aromatic hydroxyl groups is 1. The molecule has 0 bridgehead atoms. The first-order valence-electron chi connectivity index (χ1n) is 5.67. The molecule has 5 heteroatoms. The quantitative estimate of drug-likeness (QED) is 0.750. The molecule has 0 aliphatic carbocycles. The Morgan fingerprint density at radius 1 is 1.22 bits per heavy atom. The fraction of sp³-hybridized carbons (Fsp3) is 0.385. The summed E-state index contributed by atoms with van der Waals surface area (Å²) in [6.45, 7) is 5.45. The number of carbonyl (C=O) groups is 2. The Bertz CT molecular complexity index is 450. The lowest BCUT2D eigenvalue weighted by molar-refractivity contribution is -0.121. The van der Waals surface area contributed by atoms with Gasteiger partial charge in [-0.25, -0.2) is 0 Å². The number of phenolic OH excluding ortho intramolecular Hbond substituents is 1. The van der Waals surface area contributed by atoms with Gasteiger partial charge in [0.05, 0.1) is 12.1 Å². The fourth-order valence-corrected chi connectivity index (χ4v) is 1.38. The van der Waals surface area contributed by atoms with Gasteiger partial charge in [-0.3, -0.25) is 9.59 Å². The lowest BCUT2D eigenvalue weighted by Crippen LogP contribution is -2.45. The fourth-order valence-electron chi connectivity index (χ4n) is 1.38. The van der Waals surface area contributed by atoms with Crippen LogP contribution in [0.4, 0.5) is 0 Å². The number of carbonyl (C=O) groups excluding carboxylic acids is 2. The monoisotopic (exact) mass is 250 g/mol. The van der Waals surface area contributed by atoms with Gasteiger partial charge in [0.1, 0.15) is 5.75 Å². The second kappa shape index (κ2) is 5.53. The third kappa shape index (κ3) is 4.45. The highest BCUT2D eigenvalue weighted by Crippen LogP contribution is 2.14. The van der Waals surface area contributed by atoms with E-state index in [1.807, 2.05) is 20.8 Å². The Morgan fingerprint density at radius 2 is 1.83 bits per heavy atom. The largest absolute Gasteiger partial charge is 0.507 e. The second-order valence-electron chi connectivity index (χ2n) is 5.00. The van der Waals surface area contributed by atoms with Gasteiger partial charge >= 0.3 is 0 Å². The molecule has 18 heavy (non-hydrogen) atoms. The third-order valence-electron chi connectivity index (χ3n) is 2.07. The maximum atomic E-state index is 11.7. The first kappa shape index (κ1) is 14.0. The molecule has 1 aromatic carbocycles. The van der Waals surface area contributed by atoms with Crippen molar-refractivity contribution in [1.82, 2.24) is 10.6 Å². The number of nitrogens with one attached hydrogen (secondary N) is 2. The Hall–Kier alpha value is -2.04. The van der Waals surface area contributed by atoms with Gasteiger partial charge in [-0.1, -0.05) is 12.1 Å². The van der Waals surface area contributed by atoms with Crippen LogP contribution in [-0.4, -0.2) is 29.0 Å². The number of hydrogen-bond donors (Lipinski definition) is 3. The Labute approximate surface area is 106 Å². The van der Waals surface area contributed by atoms with Crippen LogP contribution in [-0.2, 0) is 4.79 Å². The lowest BCUT2D eigenvalue weighted by Gasteiger charge is -2.20. The number of para-hydroxylation sites is 1. The van der Waals surface area contributed by atoms with E-state index in [2.05, 4.69) is 10.6 Å². The summed E-state index contributed by atoms with van der Waals surface area (Å²) in [4.78, 5) is 23.2. The summed E-state index contributed by atoms with van der Waals surface area (Å²) in [5.41, 5.74) is -0.183. The summed E-state index contributed by atoms with van der Waals surface area (Å²) in [6.07, 6.45) is 0. The van der Waals surface area contributed by atoms with Crippen LogP contribution in [0.1, 0.15) is 31.1 Å². The first-order chi connectivity index (χ1) is 8.29. The molecule has 0 saturated heterocycles. The van der Waals surface area contributed by atoms with Crippen molar-refractivity contribution in [3.05, 3.63) is 29.8 Å². The molecule has 0 aromatic heterocycles. The van der Waals surface area contributed by atoms with Gasteiger partial charge in [0.25, 0.3) is 5.91 Å². The van der Waals surface area contributed by atoms with Crippen molar-refractivity contribution >= 4 is 11.8 Å². The lowest BCUT2D eigenvalue weighted by atomic mass is 10.1. The topological polar surface area (TPSA) is 78.4 Å². The molecule has 1 rings (SSSR count). The van der Waals surface area contributed by atoms with E-state index < -0.39 is 5.91 Å². The van der Waals surface area contributed by atoms with Crippen LogP contribution in [0.15, 0.2) is 24.3 Å². The summed E-state index contributed by atoms with van der Waals surface area (Å²) >= 11 is 0. The van der Waals surface area contributed by atoms with Gasteiger partial charge < -0.3 is 15.7 Å². The summed E-state index contributed by atoms with van der Waals surface area (Å²) in [6, 6.07) is 6.18. The molecular weight excluding hydrogens is 232 g/mol. The van der Waals surface area contributed by atoms with Gasteiger partial charge in [0.15, 0.2) is 0 Å². The van der Waals surface area contributed by atoms with Crippen molar-refractivity contribution in [3.8, 4) is 5.75 Å². The standard InChI is InChI=1S/C13H18N2O3/c1-13(2,3)15-11(17)8-14-12(18)9-6-4-5-7-10(9)16/h4-7,16H,8H2,1-3H3,(H,14,18)(H,15,17). The summed E-state index contributed by atoms with van der Waals surface area (Å²) in [5.74, 6) is -0.852. The number of amides is 2. The summed E-state index contributed by atoms with van der Waals surface area (Å²) in [7, 11) is 0. The van der Waals surface area contributed by atoms with Crippen LogP contribution >= 0.6 is 0 Å². The van der Waals surface area contributed by atoms with Crippen LogP contribution < -0.4 is 10.6 Å². The molecule has 0 aliphatic heterocycles. The Morgan fingerprint density at radius 3 is 2.39 bits per heavy atom. The molecule has 5 nitrogen and oxygen atoms in total. The number of rotatable bonds is 3. The highest BCUT2D eigenvalue weighted by atomic mass is 16.3. The molecule has 0 saturated carbocycles. The molecule has 3 N–H and O–H groups in total. The van der Waals surface area contributed by atoms with Crippen molar-refractivity contribution in [2.75, 3.05) is 6.54 Å². The minimum atomic E-state index is -0.475. The van der Waals surface area contributed by atoms with Gasteiger partial charge in [-0.2, -0.15) is 0 Å².